The zero-order valence-electron chi connectivity index (χ0n) is 15.9. The number of benzene rings is 1. The summed E-state index contributed by atoms with van der Waals surface area (Å²) in [6.07, 6.45) is 5.42. The van der Waals surface area contributed by atoms with Crippen molar-refractivity contribution >= 4 is 33.8 Å². The van der Waals surface area contributed by atoms with Gasteiger partial charge in [0.2, 0.25) is 0 Å². The summed E-state index contributed by atoms with van der Waals surface area (Å²) in [7, 11) is 1.80. The van der Waals surface area contributed by atoms with Crippen LogP contribution in [0.25, 0.3) is 4.96 Å². The first-order valence-electron chi connectivity index (χ1n) is 8.87. The molecule has 0 aliphatic rings. The minimum atomic E-state index is -0.0771. The Kier molecular flexibility index (Phi) is 4.95. The molecule has 3 aromatic heterocycles. The molecule has 28 heavy (non-hydrogen) atoms. The number of carbonyl (C=O) groups excluding carboxylic acids is 1. The number of thiazole rings is 1. The van der Waals surface area contributed by atoms with Crippen LogP contribution in [0.2, 0.25) is 5.02 Å². The molecule has 0 bridgehead atoms. The third-order valence-electron chi connectivity index (χ3n) is 4.65. The molecule has 0 N–H and O–H groups in total. The Hall–Kier alpha value is -2.64. The van der Waals surface area contributed by atoms with E-state index in [2.05, 4.69) is 27.6 Å². The van der Waals surface area contributed by atoms with Gasteiger partial charge in [-0.1, -0.05) is 29.8 Å². The van der Waals surface area contributed by atoms with E-state index in [4.69, 9.17) is 11.6 Å². The molecule has 0 aliphatic heterocycles. The molecule has 0 spiro atoms. The Morgan fingerprint density at radius 2 is 2.04 bits per heavy atom. The fraction of sp³-hybridized carbons (Fsp3) is 0.250. The zero-order chi connectivity index (χ0) is 19.8. The van der Waals surface area contributed by atoms with Crippen LogP contribution in [0.15, 0.2) is 42.9 Å². The average molecular weight is 414 g/mol. The van der Waals surface area contributed by atoms with E-state index in [0.29, 0.717) is 23.7 Å². The smallest absolute Gasteiger partial charge is 0.257 e. The summed E-state index contributed by atoms with van der Waals surface area (Å²) in [5, 5.41) is 5.01. The summed E-state index contributed by atoms with van der Waals surface area (Å²) in [5.41, 5.74) is 3.48. The molecule has 0 atom stereocenters. The number of halogens is 1. The molecule has 1 amide bonds. The van der Waals surface area contributed by atoms with Crippen LogP contribution in [0.3, 0.4) is 0 Å². The van der Waals surface area contributed by atoms with Crippen LogP contribution in [0.1, 0.15) is 32.2 Å². The maximum absolute atomic E-state index is 12.9. The lowest BCUT2D eigenvalue weighted by Crippen LogP contribution is -2.26. The van der Waals surface area contributed by atoms with E-state index in [1.165, 1.54) is 4.88 Å². The van der Waals surface area contributed by atoms with Crippen LogP contribution in [0, 0.1) is 13.8 Å². The van der Waals surface area contributed by atoms with Crippen LogP contribution in [0.5, 0.6) is 0 Å². The molecule has 0 saturated heterocycles. The lowest BCUT2D eigenvalue weighted by molar-refractivity contribution is 0.0783. The van der Waals surface area contributed by atoms with Crippen LogP contribution >= 0.6 is 22.9 Å². The molecule has 4 rings (SSSR count). The highest BCUT2D eigenvalue weighted by molar-refractivity contribution is 7.17. The number of aryl methyl sites for hydroxylation is 2. The average Bonchev–Trinajstić information content (AvgIpc) is 3.33. The Morgan fingerprint density at radius 3 is 2.82 bits per heavy atom. The van der Waals surface area contributed by atoms with E-state index in [0.717, 1.165) is 21.9 Å². The number of hydrogen-bond donors (Lipinski definition) is 0. The number of fused-ring (bicyclic) bond motifs is 1. The zero-order valence-corrected chi connectivity index (χ0v) is 17.5. The SMILES string of the molecule is Cc1cn2c(CN(C)C(=O)c3cnn(Cc4ccccc4Cl)c3)c(C)nc2s1. The first-order chi connectivity index (χ1) is 13.4. The number of amides is 1. The second-order valence-electron chi connectivity index (χ2n) is 6.82. The molecule has 8 heteroatoms. The van der Waals surface area contributed by atoms with Crippen LogP contribution in [0.4, 0.5) is 0 Å². The van der Waals surface area contributed by atoms with E-state index >= 15 is 0 Å². The van der Waals surface area contributed by atoms with Gasteiger partial charge in [0.25, 0.3) is 5.91 Å². The van der Waals surface area contributed by atoms with Crippen molar-refractivity contribution in [2.45, 2.75) is 26.9 Å². The van der Waals surface area contributed by atoms with Gasteiger partial charge in [0.1, 0.15) is 0 Å². The summed E-state index contributed by atoms with van der Waals surface area (Å²) in [4.78, 5) is 21.3. The monoisotopic (exact) mass is 413 g/mol. The minimum Gasteiger partial charge on any atom is -0.336 e. The van der Waals surface area contributed by atoms with E-state index in [9.17, 15) is 4.79 Å². The topological polar surface area (TPSA) is 55.4 Å². The van der Waals surface area contributed by atoms with E-state index in [1.807, 2.05) is 31.2 Å². The molecule has 0 aliphatic carbocycles. The Bertz CT molecular complexity index is 1160. The number of imidazole rings is 1. The Balaban J connectivity index is 1.50. The largest absolute Gasteiger partial charge is 0.336 e. The standard InChI is InChI=1S/C20H20ClN5OS/c1-13-9-26-18(14(2)23-20(26)28-13)12-24(3)19(27)16-8-22-25(11-16)10-15-6-4-5-7-17(15)21/h4-9,11H,10,12H2,1-3H3. The van der Waals surface area contributed by atoms with E-state index < -0.39 is 0 Å². The lowest BCUT2D eigenvalue weighted by atomic mass is 10.2. The summed E-state index contributed by atoms with van der Waals surface area (Å²) in [5.74, 6) is -0.0771. The van der Waals surface area contributed by atoms with Crippen molar-refractivity contribution < 1.29 is 4.79 Å². The molecule has 1 aromatic carbocycles. The van der Waals surface area contributed by atoms with E-state index in [-0.39, 0.29) is 5.91 Å². The second kappa shape index (κ2) is 7.41. The van der Waals surface area contributed by atoms with E-state index in [1.54, 1.807) is 40.4 Å². The highest BCUT2D eigenvalue weighted by atomic mass is 35.5. The van der Waals surface area contributed by atoms with Crippen LogP contribution in [-0.4, -0.2) is 37.0 Å². The number of aromatic nitrogens is 4. The molecule has 3 heterocycles. The van der Waals surface area contributed by atoms with Gasteiger partial charge in [0, 0.05) is 29.3 Å². The van der Waals surface area contributed by atoms with Crippen molar-refractivity contribution in [2.24, 2.45) is 0 Å². The first-order valence-corrected chi connectivity index (χ1v) is 10.1. The minimum absolute atomic E-state index is 0.0771. The predicted octanol–water partition coefficient (Wildman–Crippen LogP) is 4.18. The van der Waals surface area contributed by atoms with Gasteiger partial charge in [-0.15, -0.1) is 11.3 Å². The van der Waals surface area contributed by atoms with Gasteiger partial charge in [-0.25, -0.2) is 4.98 Å². The number of nitrogens with zero attached hydrogens (tertiary/aromatic N) is 5. The van der Waals surface area contributed by atoms with Gasteiger partial charge >= 0.3 is 0 Å². The quantitative estimate of drug-likeness (QED) is 0.493. The lowest BCUT2D eigenvalue weighted by Gasteiger charge is -2.16. The third-order valence-corrected chi connectivity index (χ3v) is 5.91. The summed E-state index contributed by atoms with van der Waals surface area (Å²) in [6.45, 7) is 5.04. The van der Waals surface area contributed by atoms with Crippen molar-refractivity contribution in [3.05, 3.63) is 75.3 Å². The molecule has 6 nitrogen and oxygen atoms in total. The molecular formula is C20H20ClN5OS. The Labute approximate surface area is 172 Å². The maximum atomic E-state index is 12.9. The highest BCUT2D eigenvalue weighted by Gasteiger charge is 2.18. The van der Waals surface area contributed by atoms with Gasteiger partial charge in [-0.2, -0.15) is 5.10 Å². The second-order valence-corrected chi connectivity index (χ2v) is 8.44. The molecule has 0 radical (unpaired) electrons. The van der Waals surface area contributed by atoms with Crippen molar-refractivity contribution in [3.8, 4) is 0 Å². The molecule has 0 unspecified atom stereocenters. The summed E-state index contributed by atoms with van der Waals surface area (Å²) < 4.78 is 3.80. The molecule has 0 fully saturated rings. The van der Waals surface area contributed by atoms with Gasteiger partial charge in [0.15, 0.2) is 4.96 Å². The van der Waals surface area contributed by atoms with Gasteiger partial charge in [0.05, 0.1) is 36.2 Å². The van der Waals surface area contributed by atoms with Crippen molar-refractivity contribution in [3.63, 3.8) is 0 Å². The third kappa shape index (κ3) is 3.55. The normalized spacial score (nSPS) is 11.3. The highest BCUT2D eigenvalue weighted by Crippen LogP contribution is 2.22. The summed E-state index contributed by atoms with van der Waals surface area (Å²) >= 11 is 7.86. The van der Waals surface area contributed by atoms with Crippen molar-refractivity contribution in [1.29, 1.82) is 0 Å². The van der Waals surface area contributed by atoms with Gasteiger partial charge in [-0.3, -0.25) is 13.9 Å². The van der Waals surface area contributed by atoms with Gasteiger partial charge < -0.3 is 4.90 Å². The first kappa shape index (κ1) is 18.7. The molecular weight excluding hydrogens is 394 g/mol. The number of hydrogen-bond acceptors (Lipinski definition) is 4. The van der Waals surface area contributed by atoms with Crippen molar-refractivity contribution in [1.82, 2.24) is 24.1 Å². The fourth-order valence-corrected chi connectivity index (χ4v) is 4.26. The molecule has 4 aromatic rings. The maximum Gasteiger partial charge on any atom is 0.257 e. The fourth-order valence-electron chi connectivity index (χ4n) is 3.18. The predicted molar refractivity (Wildman–Crippen MR) is 111 cm³/mol. The van der Waals surface area contributed by atoms with Crippen LogP contribution < -0.4 is 0 Å². The van der Waals surface area contributed by atoms with Crippen molar-refractivity contribution in [2.75, 3.05) is 7.05 Å². The number of rotatable bonds is 5. The summed E-state index contributed by atoms with van der Waals surface area (Å²) in [6, 6.07) is 7.63. The van der Waals surface area contributed by atoms with Gasteiger partial charge in [-0.05, 0) is 25.5 Å². The Morgan fingerprint density at radius 1 is 1.25 bits per heavy atom. The molecule has 0 saturated carbocycles. The van der Waals surface area contributed by atoms with Crippen LogP contribution in [-0.2, 0) is 13.1 Å². The molecule has 144 valence electrons. The number of carbonyl (C=O) groups is 1.